The van der Waals surface area contributed by atoms with Gasteiger partial charge >= 0.3 is 0 Å². The van der Waals surface area contributed by atoms with E-state index in [4.69, 9.17) is 4.74 Å². The van der Waals surface area contributed by atoms with Gasteiger partial charge in [0.15, 0.2) is 0 Å². The summed E-state index contributed by atoms with van der Waals surface area (Å²) in [5.74, 6) is 0. The Labute approximate surface area is 88.1 Å². The van der Waals surface area contributed by atoms with Gasteiger partial charge in [-0.05, 0) is 13.5 Å². The lowest BCUT2D eigenvalue weighted by Gasteiger charge is -2.31. The highest BCUT2D eigenvalue weighted by molar-refractivity contribution is 4.76. The van der Waals surface area contributed by atoms with Gasteiger partial charge in [0.25, 0.3) is 0 Å². The lowest BCUT2D eigenvalue weighted by molar-refractivity contribution is 0.0765. The molecular weight excluding hydrogens is 178 g/mol. The van der Waals surface area contributed by atoms with Crippen molar-refractivity contribution in [1.82, 2.24) is 4.90 Å². The molecule has 0 heterocycles. The zero-order valence-corrected chi connectivity index (χ0v) is 10.0. The number of likely N-dealkylation sites (N-methyl/N-ethyl adjacent to an activating group) is 1. The molecule has 86 valence electrons. The predicted octanol–water partition coefficient (Wildman–Crippen LogP) is 1.36. The maximum atomic E-state index is 9.33. The van der Waals surface area contributed by atoms with Crippen molar-refractivity contribution in [3.63, 3.8) is 0 Å². The SMILES string of the molecule is CCCC(C)(CO)CN(C)CCOC. The fraction of sp³-hybridized carbons (Fsp3) is 1.00. The Hall–Kier alpha value is -0.120. The Bertz CT molecular complexity index is 141. The quantitative estimate of drug-likeness (QED) is 0.646. The van der Waals surface area contributed by atoms with Gasteiger partial charge in [0, 0.05) is 32.2 Å². The molecule has 0 aliphatic heterocycles. The average Bonchev–Trinajstić information content (AvgIpc) is 2.15. The van der Waals surface area contributed by atoms with Crippen molar-refractivity contribution in [2.24, 2.45) is 5.41 Å². The van der Waals surface area contributed by atoms with Crippen LogP contribution in [0.1, 0.15) is 26.7 Å². The highest BCUT2D eigenvalue weighted by Crippen LogP contribution is 2.23. The van der Waals surface area contributed by atoms with Gasteiger partial charge in [0.2, 0.25) is 0 Å². The summed E-state index contributed by atoms with van der Waals surface area (Å²) in [5.41, 5.74) is 0.0389. The smallest absolute Gasteiger partial charge is 0.0589 e. The number of ether oxygens (including phenoxy) is 1. The zero-order valence-electron chi connectivity index (χ0n) is 10.0. The molecule has 0 fully saturated rings. The van der Waals surface area contributed by atoms with Crippen LogP contribution in [0.4, 0.5) is 0 Å². The molecule has 1 atom stereocenters. The van der Waals surface area contributed by atoms with Crippen LogP contribution in [0.2, 0.25) is 0 Å². The molecule has 1 unspecified atom stereocenters. The number of rotatable bonds is 8. The molecule has 3 heteroatoms. The number of aliphatic hydroxyl groups is 1. The van der Waals surface area contributed by atoms with E-state index >= 15 is 0 Å². The standard InChI is InChI=1S/C11H25NO2/c1-5-6-11(2,10-13)9-12(3)7-8-14-4/h13H,5-10H2,1-4H3. The van der Waals surface area contributed by atoms with Crippen molar-refractivity contribution >= 4 is 0 Å². The zero-order chi connectivity index (χ0) is 11.0. The van der Waals surface area contributed by atoms with E-state index in [1.165, 1.54) is 0 Å². The molecule has 1 N–H and O–H groups in total. The minimum absolute atomic E-state index is 0.0389. The molecular formula is C11H25NO2. The number of hydrogen-bond donors (Lipinski definition) is 1. The summed E-state index contributed by atoms with van der Waals surface area (Å²) in [5, 5.41) is 9.33. The summed E-state index contributed by atoms with van der Waals surface area (Å²) in [4.78, 5) is 2.22. The first-order chi connectivity index (χ1) is 6.58. The monoisotopic (exact) mass is 203 g/mol. The van der Waals surface area contributed by atoms with E-state index in [0.29, 0.717) is 0 Å². The van der Waals surface area contributed by atoms with E-state index < -0.39 is 0 Å². The molecule has 0 saturated carbocycles. The van der Waals surface area contributed by atoms with Crippen molar-refractivity contribution < 1.29 is 9.84 Å². The van der Waals surface area contributed by atoms with Crippen LogP contribution in [0.3, 0.4) is 0 Å². The number of nitrogens with zero attached hydrogens (tertiary/aromatic N) is 1. The van der Waals surface area contributed by atoms with E-state index in [0.717, 1.165) is 32.5 Å². The van der Waals surface area contributed by atoms with Crippen molar-refractivity contribution in [3.05, 3.63) is 0 Å². The van der Waals surface area contributed by atoms with E-state index in [2.05, 4.69) is 25.8 Å². The normalized spacial score (nSPS) is 15.9. The molecule has 0 radical (unpaired) electrons. The third-order valence-electron chi connectivity index (χ3n) is 2.56. The lowest BCUT2D eigenvalue weighted by Crippen LogP contribution is -2.37. The third kappa shape index (κ3) is 5.58. The summed E-state index contributed by atoms with van der Waals surface area (Å²) in [6.07, 6.45) is 2.19. The summed E-state index contributed by atoms with van der Waals surface area (Å²) >= 11 is 0. The Morgan fingerprint density at radius 1 is 1.43 bits per heavy atom. The van der Waals surface area contributed by atoms with Crippen LogP contribution in [0.5, 0.6) is 0 Å². The molecule has 3 nitrogen and oxygen atoms in total. The van der Waals surface area contributed by atoms with Gasteiger partial charge in [-0.2, -0.15) is 0 Å². The molecule has 0 aromatic heterocycles. The molecule has 0 spiro atoms. The summed E-state index contributed by atoms with van der Waals surface area (Å²) in [7, 11) is 3.79. The molecule has 0 rings (SSSR count). The van der Waals surface area contributed by atoms with E-state index in [1.54, 1.807) is 7.11 Å². The highest BCUT2D eigenvalue weighted by atomic mass is 16.5. The van der Waals surface area contributed by atoms with Crippen molar-refractivity contribution in [3.8, 4) is 0 Å². The second-order valence-electron chi connectivity index (χ2n) is 4.45. The Morgan fingerprint density at radius 3 is 2.50 bits per heavy atom. The van der Waals surface area contributed by atoms with Crippen molar-refractivity contribution in [1.29, 1.82) is 0 Å². The maximum absolute atomic E-state index is 9.33. The van der Waals surface area contributed by atoms with Crippen LogP contribution in [0, 0.1) is 5.41 Å². The van der Waals surface area contributed by atoms with Gasteiger partial charge in [0.1, 0.15) is 0 Å². The molecule has 0 aromatic carbocycles. The minimum Gasteiger partial charge on any atom is -0.396 e. The molecule has 0 aliphatic rings. The van der Waals surface area contributed by atoms with Crippen LogP contribution in [0.25, 0.3) is 0 Å². The Morgan fingerprint density at radius 2 is 2.07 bits per heavy atom. The van der Waals surface area contributed by atoms with Gasteiger partial charge in [0.05, 0.1) is 6.61 Å². The number of methoxy groups -OCH3 is 1. The topological polar surface area (TPSA) is 32.7 Å². The van der Waals surface area contributed by atoms with E-state index in [-0.39, 0.29) is 12.0 Å². The van der Waals surface area contributed by atoms with Gasteiger partial charge in [-0.1, -0.05) is 20.3 Å². The molecule has 0 amide bonds. The second kappa shape index (κ2) is 7.21. The number of aliphatic hydroxyl groups excluding tert-OH is 1. The summed E-state index contributed by atoms with van der Waals surface area (Å²) in [6.45, 7) is 7.17. The largest absolute Gasteiger partial charge is 0.396 e. The minimum atomic E-state index is 0.0389. The maximum Gasteiger partial charge on any atom is 0.0589 e. The Kier molecular flexibility index (Phi) is 7.15. The third-order valence-corrected chi connectivity index (χ3v) is 2.56. The van der Waals surface area contributed by atoms with E-state index in [9.17, 15) is 5.11 Å². The van der Waals surface area contributed by atoms with Crippen LogP contribution in [0.15, 0.2) is 0 Å². The summed E-state index contributed by atoms with van der Waals surface area (Å²) < 4.78 is 5.02. The molecule has 0 bridgehead atoms. The first kappa shape index (κ1) is 13.9. The van der Waals surface area contributed by atoms with Crippen LogP contribution in [-0.4, -0.2) is 50.5 Å². The highest BCUT2D eigenvalue weighted by Gasteiger charge is 2.23. The summed E-state index contributed by atoms with van der Waals surface area (Å²) in [6, 6.07) is 0. The second-order valence-corrected chi connectivity index (χ2v) is 4.45. The molecule has 0 aromatic rings. The lowest BCUT2D eigenvalue weighted by atomic mass is 9.86. The van der Waals surface area contributed by atoms with Crippen LogP contribution >= 0.6 is 0 Å². The first-order valence-electron chi connectivity index (χ1n) is 5.36. The fourth-order valence-corrected chi connectivity index (χ4v) is 1.79. The van der Waals surface area contributed by atoms with Crippen molar-refractivity contribution in [2.45, 2.75) is 26.7 Å². The van der Waals surface area contributed by atoms with Gasteiger partial charge < -0.3 is 14.7 Å². The van der Waals surface area contributed by atoms with Crippen LogP contribution in [-0.2, 0) is 4.74 Å². The van der Waals surface area contributed by atoms with Gasteiger partial charge in [-0.25, -0.2) is 0 Å². The number of hydrogen-bond acceptors (Lipinski definition) is 3. The first-order valence-corrected chi connectivity index (χ1v) is 5.36. The molecule has 14 heavy (non-hydrogen) atoms. The predicted molar refractivity (Wildman–Crippen MR) is 59.5 cm³/mol. The molecule has 0 aliphatic carbocycles. The van der Waals surface area contributed by atoms with Gasteiger partial charge in [-0.3, -0.25) is 0 Å². The van der Waals surface area contributed by atoms with Crippen molar-refractivity contribution in [2.75, 3.05) is 40.5 Å². The fourth-order valence-electron chi connectivity index (χ4n) is 1.79. The van der Waals surface area contributed by atoms with Crippen LogP contribution < -0.4 is 0 Å². The van der Waals surface area contributed by atoms with E-state index in [1.807, 2.05) is 0 Å². The average molecular weight is 203 g/mol. The molecule has 0 saturated heterocycles. The Balaban J connectivity index is 3.89. The van der Waals surface area contributed by atoms with Gasteiger partial charge in [-0.15, -0.1) is 0 Å².